The number of hydrogen-bond donors (Lipinski definition) is 2. The monoisotopic (exact) mass is 275 g/mol. The van der Waals surface area contributed by atoms with Gasteiger partial charge in [-0.1, -0.05) is 30.3 Å². The SMILES string of the molecule is Cc1cc(=O)c2c(ccc3[nH]c(-c4ccccc4)nc32)[nH]1. The molecule has 0 fully saturated rings. The molecule has 2 heterocycles. The molecule has 2 N–H and O–H groups in total. The van der Waals surface area contributed by atoms with Crippen molar-refractivity contribution in [3.8, 4) is 11.4 Å². The average Bonchev–Trinajstić information content (AvgIpc) is 2.91. The Morgan fingerprint density at radius 2 is 1.71 bits per heavy atom. The Hall–Kier alpha value is -2.88. The van der Waals surface area contributed by atoms with Crippen LogP contribution in [0.25, 0.3) is 33.3 Å². The number of hydrogen-bond acceptors (Lipinski definition) is 2. The van der Waals surface area contributed by atoms with E-state index in [2.05, 4.69) is 15.0 Å². The molecule has 4 aromatic rings. The predicted molar refractivity (Wildman–Crippen MR) is 84.4 cm³/mol. The third-order valence-corrected chi connectivity index (χ3v) is 3.63. The Bertz CT molecular complexity index is 1010. The van der Waals surface area contributed by atoms with Crippen LogP contribution in [-0.2, 0) is 0 Å². The number of fused-ring (bicyclic) bond motifs is 3. The smallest absolute Gasteiger partial charge is 0.191 e. The molecule has 0 amide bonds. The second kappa shape index (κ2) is 4.31. The maximum atomic E-state index is 12.3. The zero-order valence-electron chi connectivity index (χ0n) is 11.5. The van der Waals surface area contributed by atoms with E-state index in [-0.39, 0.29) is 5.43 Å². The van der Waals surface area contributed by atoms with Crippen LogP contribution in [0.4, 0.5) is 0 Å². The number of pyridine rings is 1. The standard InChI is InChI=1S/C17H13N3O/c1-10-9-14(21)15-12(18-10)7-8-13-16(15)20-17(19-13)11-5-3-2-4-6-11/h2-9H,1H3,(H,18,21)(H,19,20). The summed E-state index contributed by atoms with van der Waals surface area (Å²) in [6.07, 6.45) is 0. The summed E-state index contributed by atoms with van der Waals surface area (Å²) in [5.41, 5.74) is 4.26. The molecule has 0 bridgehead atoms. The van der Waals surface area contributed by atoms with Crippen molar-refractivity contribution in [2.24, 2.45) is 0 Å². The topological polar surface area (TPSA) is 61.5 Å². The van der Waals surface area contributed by atoms with Crippen LogP contribution in [0.1, 0.15) is 5.69 Å². The average molecular weight is 275 g/mol. The van der Waals surface area contributed by atoms with Gasteiger partial charge in [0.05, 0.1) is 16.4 Å². The van der Waals surface area contributed by atoms with E-state index in [4.69, 9.17) is 0 Å². The quantitative estimate of drug-likeness (QED) is 0.559. The second-order valence-corrected chi connectivity index (χ2v) is 5.15. The molecular weight excluding hydrogens is 262 g/mol. The van der Waals surface area contributed by atoms with Gasteiger partial charge in [0.1, 0.15) is 11.3 Å². The van der Waals surface area contributed by atoms with E-state index in [9.17, 15) is 4.79 Å². The lowest BCUT2D eigenvalue weighted by molar-refractivity contribution is 1.24. The van der Waals surface area contributed by atoms with Gasteiger partial charge in [0, 0.05) is 17.3 Å². The lowest BCUT2D eigenvalue weighted by atomic mass is 10.1. The molecule has 0 aliphatic rings. The maximum absolute atomic E-state index is 12.3. The molecule has 4 heteroatoms. The Balaban J connectivity index is 2.08. The van der Waals surface area contributed by atoms with Gasteiger partial charge in [-0.25, -0.2) is 4.98 Å². The van der Waals surface area contributed by atoms with E-state index >= 15 is 0 Å². The third-order valence-electron chi connectivity index (χ3n) is 3.63. The van der Waals surface area contributed by atoms with Gasteiger partial charge in [0.15, 0.2) is 5.43 Å². The lowest BCUT2D eigenvalue weighted by Gasteiger charge is -1.99. The van der Waals surface area contributed by atoms with Gasteiger partial charge in [-0.05, 0) is 19.1 Å². The van der Waals surface area contributed by atoms with Gasteiger partial charge in [-0.3, -0.25) is 4.79 Å². The maximum Gasteiger partial charge on any atom is 0.191 e. The first-order valence-electron chi connectivity index (χ1n) is 6.80. The van der Waals surface area contributed by atoms with Crippen molar-refractivity contribution in [1.82, 2.24) is 15.0 Å². The number of rotatable bonds is 1. The molecule has 2 aromatic carbocycles. The first kappa shape index (κ1) is 11.9. The molecule has 0 radical (unpaired) electrons. The summed E-state index contributed by atoms with van der Waals surface area (Å²) in [5, 5.41) is 0.636. The molecule has 0 saturated heterocycles. The van der Waals surface area contributed by atoms with Crippen LogP contribution < -0.4 is 5.43 Å². The summed E-state index contributed by atoms with van der Waals surface area (Å²) < 4.78 is 0. The van der Waals surface area contributed by atoms with Crippen molar-refractivity contribution < 1.29 is 0 Å². The first-order chi connectivity index (χ1) is 10.2. The molecule has 0 atom stereocenters. The fraction of sp³-hybridized carbons (Fsp3) is 0.0588. The third kappa shape index (κ3) is 1.84. The summed E-state index contributed by atoms with van der Waals surface area (Å²) in [6, 6.07) is 15.4. The number of imidazole rings is 1. The van der Waals surface area contributed by atoms with E-state index in [0.29, 0.717) is 10.9 Å². The first-order valence-corrected chi connectivity index (χ1v) is 6.80. The van der Waals surface area contributed by atoms with Crippen LogP contribution >= 0.6 is 0 Å². The number of aromatic amines is 2. The van der Waals surface area contributed by atoms with Gasteiger partial charge in [0.25, 0.3) is 0 Å². The Labute approximate surface area is 120 Å². The van der Waals surface area contributed by atoms with Crippen LogP contribution in [0, 0.1) is 6.92 Å². The molecule has 2 aromatic heterocycles. The van der Waals surface area contributed by atoms with E-state index in [0.717, 1.165) is 28.1 Å². The normalized spacial score (nSPS) is 11.3. The van der Waals surface area contributed by atoms with Crippen molar-refractivity contribution in [3.05, 3.63) is 64.4 Å². The largest absolute Gasteiger partial charge is 0.358 e. The molecule has 21 heavy (non-hydrogen) atoms. The van der Waals surface area contributed by atoms with Crippen LogP contribution in [0.2, 0.25) is 0 Å². The Morgan fingerprint density at radius 1 is 0.952 bits per heavy atom. The van der Waals surface area contributed by atoms with E-state index in [1.54, 1.807) is 6.07 Å². The molecule has 102 valence electrons. The zero-order valence-corrected chi connectivity index (χ0v) is 11.5. The van der Waals surface area contributed by atoms with Crippen molar-refractivity contribution >= 4 is 21.9 Å². The molecule has 0 unspecified atom stereocenters. The van der Waals surface area contributed by atoms with Gasteiger partial charge in [-0.2, -0.15) is 0 Å². The van der Waals surface area contributed by atoms with Crippen LogP contribution in [-0.4, -0.2) is 15.0 Å². The van der Waals surface area contributed by atoms with Crippen molar-refractivity contribution in [1.29, 1.82) is 0 Å². The highest BCUT2D eigenvalue weighted by Gasteiger charge is 2.11. The van der Waals surface area contributed by atoms with Crippen molar-refractivity contribution in [3.63, 3.8) is 0 Å². The molecule has 4 rings (SSSR count). The predicted octanol–water partition coefficient (Wildman–Crippen LogP) is 3.38. The minimum atomic E-state index is -0.00189. The number of aryl methyl sites for hydroxylation is 1. The minimum Gasteiger partial charge on any atom is -0.358 e. The van der Waals surface area contributed by atoms with Gasteiger partial charge < -0.3 is 9.97 Å². The van der Waals surface area contributed by atoms with E-state index < -0.39 is 0 Å². The molecule has 0 spiro atoms. The fourth-order valence-electron chi connectivity index (χ4n) is 2.68. The van der Waals surface area contributed by atoms with Gasteiger partial charge in [-0.15, -0.1) is 0 Å². The highest BCUT2D eigenvalue weighted by Crippen LogP contribution is 2.24. The molecular formula is C17H13N3O. The number of H-pyrrole nitrogens is 2. The number of aromatic nitrogens is 3. The van der Waals surface area contributed by atoms with Gasteiger partial charge in [0.2, 0.25) is 0 Å². The molecule has 4 nitrogen and oxygen atoms in total. The van der Waals surface area contributed by atoms with Crippen molar-refractivity contribution in [2.75, 3.05) is 0 Å². The van der Waals surface area contributed by atoms with Crippen molar-refractivity contribution in [2.45, 2.75) is 6.92 Å². The molecule has 0 aliphatic carbocycles. The molecule has 0 saturated carbocycles. The minimum absolute atomic E-state index is 0.00189. The lowest BCUT2D eigenvalue weighted by Crippen LogP contribution is -2.03. The molecule has 0 aliphatic heterocycles. The number of nitrogens with zero attached hydrogens (tertiary/aromatic N) is 1. The summed E-state index contributed by atoms with van der Waals surface area (Å²) >= 11 is 0. The second-order valence-electron chi connectivity index (χ2n) is 5.15. The van der Waals surface area contributed by atoms with Crippen LogP contribution in [0.5, 0.6) is 0 Å². The summed E-state index contributed by atoms with van der Waals surface area (Å²) in [5.74, 6) is 0.776. The Morgan fingerprint density at radius 3 is 2.52 bits per heavy atom. The van der Waals surface area contributed by atoms with E-state index in [1.807, 2.05) is 49.4 Å². The van der Waals surface area contributed by atoms with E-state index in [1.165, 1.54) is 0 Å². The fourth-order valence-corrected chi connectivity index (χ4v) is 2.68. The highest BCUT2D eigenvalue weighted by atomic mass is 16.1. The van der Waals surface area contributed by atoms with Gasteiger partial charge >= 0.3 is 0 Å². The van der Waals surface area contributed by atoms with Crippen LogP contribution in [0.3, 0.4) is 0 Å². The Kier molecular flexibility index (Phi) is 2.44. The summed E-state index contributed by atoms with van der Waals surface area (Å²) in [6.45, 7) is 1.88. The number of nitrogens with one attached hydrogen (secondary N) is 2. The zero-order chi connectivity index (χ0) is 14.4. The summed E-state index contributed by atoms with van der Waals surface area (Å²) in [4.78, 5) is 23.4. The summed E-state index contributed by atoms with van der Waals surface area (Å²) in [7, 11) is 0. The highest BCUT2D eigenvalue weighted by molar-refractivity contribution is 6.03. The number of benzene rings is 2. The van der Waals surface area contributed by atoms with Crippen LogP contribution in [0.15, 0.2) is 53.3 Å².